The van der Waals surface area contributed by atoms with Crippen molar-refractivity contribution in [1.82, 2.24) is 14.5 Å². The lowest BCUT2D eigenvalue weighted by molar-refractivity contribution is 0.0848. The summed E-state index contributed by atoms with van der Waals surface area (Å²) in [4.78, 5) is 8.87. The zero-order valence-electron chi connectivity index (χ0n) is 9.89. The zero-order chi connectivity index (χ0) is 11.8. The fourth-order valence-electron chi connectivity index (χ4n) is 2.49. The van der Waals surface area contributed by atoms with E-state index in [9.17, 15) is 0 Å². The van der Waals surface area contributed by atoms with E-state index < -0.39 is 0 Å². The lowest BCUT2D eigenvalue weighted by Gasteiger charge is -2.22. The number of ether oxygens (including phenoxy) is 1. The first kappa shape index (κ1) is 10.5. The highest BCUT2D eigenvalue weighted by Crippen LogP contribution is 2.31. The lowest BCUT2D eigenvalue weighted by Crippen LogP contribution is -2.16. The Kier molecular flexibility index (Phi) is 2.48. The maximum Gasteiger partial charge on any atom is 0.125 e. The van der Waals surface area contributed by atoms with Crippen LogP contribution in [0.4, 0.5) is 5.82 Å². The molecule has 2 N–H and O–H groups in total. The molecule has 0 bridgehead atoms. The summed E-state index contributed by atoms with van der Waals surface area (Å²) >= 11 is 0. The summed E-state index contributed by atoms with van der Waals surface area (Å²) in [5.74, 6) is 0.989. The van der Waals surface area contributed by atoms with E-state index in [-0.39, 0.29) is 0 Å². The number of nitrogens with two attached hydrogens (primary N) is 1. The van der Waals surface area contributed by atoms with Crippen LogP contribution in [0.15, 0.2) is 12.4 Å². The maximum absolute atomic E-state index is 5.85. The van der Waals surface area contributed by atoms with E-state index in [1.165, 1.54) is 0 Å². The molecule has 3 rings (SSSR count). The van der Waals surface area contributed by atoms with Crippen LogP contribution in [0.1, 0.15) is 24.5 Å². The van der Waals surface area contributed by atoms with Gasteiger partial charge in [0, 0.05) is 32.2 Å². The third kappa shape index (κ3) is 1.76. The maximum atomic E-state index is 5.85. The highest BCUT2D eigenvalue weighted by Gasteiger charge is 2.21. The van der Waals surface area contributed by atoms with Gasteiger partial charge in [-0.2, -0.15) is 0 Å². The fraction of sp³-hybridized carbons (Fsp3) is 0.500. The van der Waals surface area contributed by atoms with Gasteiger partial charge in [0.15, 0.2) is 0 Å². The van der Waals surface area contributed by atoms with E-state index in [0.717, 1.165) is 42.8 Å². The summed E-state index contributed by atoms with van der Waals surface area (Å²) in [6.45, 7) is 1.61. The van der Waals surface area contributed by atoms with Gasteiger partial charge in [-0.15, -0.1) is 0 Å². The summed E-state index contributed by atoms with van der Waals surface area (Å²) in [7, 11) is 2.00. The SMILES string of the molecule is Cn1cnc2cc(N)nc(C3CCOCC3)c21. The van der Waals surface area contributed by atoms with E-state index in [1.807, 2.05) is 24.0 Å². The Hall–Kier alpha value is -1.62. The molecule has 2 aromatic rings. The molecule has 0 radical (unpaired) electrons. The second kappa shape index (κ2) is 4.00. The standard InChI is InChI=1S/C12H16N4O/c1-16-7-14-9-6-10(13)15-11(12(9)16)8-2-4-17-5-3-8/h6-8H,2-5H2,1H3,(H2,13,15). The van der Waals surface area contributed by atoms with Gasteiger partial charge in [-0.05, 0) is 12.8 Å². The number of hydrogen-bond acceptors (Lipinski definition) is 4. The molecule has 0 aromatic carbocycles. The topological polar surface area (TPSA) is 66.0 Å². The number of nitrogens with zero attached hydrogens (tertiary/aromatic N) is 3. The molecular formula is C12H16N4O. The van der Waals surface area contributed by atoms with Crippen molar-refractivity contribution in [3.05, 3.63) is 18.1 Å². The minimum atomic E-state index is 0.435. The first-order chi connectivity index (χ1) is 8.25. The smallest absolute Gasteiger partial charge is 0.125 e. The van der Waals surface area contributed by atoms with Crippen molar-refractivity contribution in [2.75, 3.05) is 18.9 Å². The number of rotatable bonds is 1. The molecule has 0 saturated carbocycles. The van der Waals surface area contributed by atoms with E-state index in [4.69, 9.17) is 10.5 Å². The van der Waals surface area contributed by atoms with Gasteiger partial charge in [0.05, 0.1) is 23.1 Å². The Labute approximate surface area is 99.6 Å². The van der Waals surface area contributed by atoms with E-state index in [2.05, 4.69) is 9.97 Å². The molecule has 0 spiro atoms. The van der Waals surface area contributed by atoms with Crippen molar-refractivity contribution in [2.24, 2.45) is 7.05 Å². The van der Waals surface area contributed by atoms with Gasteiger partial charge in [0.2, 0.25) is 0 Å². The largest absolute Gasteiger partial charge is 0.384 e. The van der Waals surface area contributed by atoms with Crippen LogP contribution in [-0.2, 0) is 11.8 Å². The quantitative estimate of drug-likeness (QED) is 0.808. The van der Waals surface area contributed by atoms with Crippen LogP contribution in [0.5, 0.6) is 0 Å². The zero-order valence-corrected chi connectivity index (χ0v) is 9.89. The minimum Gasteiger partial charge on any atom is -0.384 e. The van der Waals surface area contributed by atoms with Crippen LogP contribution in [-0.4, -0.2) is 27.7 Å². The predicted molar refractivity (Wildman–Crippen MR) is 65.7 cm³/mol. The molecule has 1 aliphatic rings. The Morgan fingerprint density at radius 2 is 2.18 bits per heavy atom. The number of imidazole rings is 1. The molecule has 5 nitrogen and oxygen atoms in total. The molecule has 5 heteroatoms. The first-order valence-electron chi connectivity index (χ1n) is 5.91. The summed E-state index contributed by atoms with van der Waals surface area (Å²) < 4.78 is 7.41. The Morgan fingerprint density at radius 3 is 2.94 bits per heavy atom. The van der Waals surface area contributed by atoms with Crippen LogP contribution >= 0.6 is 0 Å². The predicted octanol–water partition coefficient (Wildman–Crippen LogP) is 1.44. The average molecular weight is 232 g/mol. The van der Waals surface area contributed by atoms with Gasteiger partial charge in [-0.3, -0.25) is 0 Å². The molecule has 1 saturated heterocycles. The van der Waals surface area contributed by atoms with Gasteiger partial charge in [0.25, 0.3) is 0 Å². The monoisotopic (exact) mass is 232 g/mol. The lowest BCUT2D eigenvalue weighted by atomic mass is 9.95. The molecule has 1 fully saturated rings. The number of anilines is 1. The Bertz CT molecular complexity index is 543. The number of hydrogen-bond donors (Lipinski definition) is 1. The summed E-state index contributed by atoms with van der Waals surface area (Å²) in [6, 6.07) is 1.83. The third-order valence-electron chi connectivity index (χ3n) is 3.35. The van der Waals surface area contributed by atoms with Crippen molar-refractivity contribution >= 4 is 16.9 Å². The molecule has 1 aliphatic heterocycles. The van der Waals surface area contributed by atoms with Crippen LogP contribution in [0.2, 0.25) is 0 Å². The third-order valence-corrected chi connectivity index (χ3v) is 3.35. The van der Waals surface area contributed by atoms with Crippen molar-refractivity contribution < 1.29 is 4.74 Å². The second-order valence-corrected chi connectivity index (χ2v) is 4.54. The first-order valence-corrected chi connectivity index (χ1v) is 5.91. The number of aromatic nitrogens is 3. The molecule has 0 atom stereocenters. The number of aryl methyl sites for hydroxylation is 1. The van der Waals surface area contributed by atoms with Gasteiger partial charge in [-0.1, -0.05) is 0 Å². The Morgan fingerprint density at radius 1 is 1.41 bits per heavy atom. The molecular weight excluding hydrogens is 216 g/mol. The van der Waals surface area contributed by atoms with Gasteiger partial charge in [-0.25, -0.2) is 9.97 Å². The van der Waals surface area contributed by atoms with Crippen molar-refractivity contribution in [2.45, 2.75) is 18.8 Å². The van der Waals surface area contributed by atoms with Crippen molar-refractivity contribution in [3.8, 4) is 0 Å². The summed E-state index contributed by atoms with van der Waals surface area (Å²) in [6.07, 6.45) is 3.84. The molecule has 3 heterocycles. The average Bonchev–Trinajstić information content (AvgIpc) is 2.71. The summed E-state index contributed by atoms with van der Waals surface area (Å²) in [5.41, 5.74) is 8.96. The van der Waals surface area contributed by atoms with E-state index in [0.29, 0.717) is 11.7 Å². The Balaban J connectivity index is 2.15. The van der Waals surface area contributed by atoms with Gasteiger partial charge < -0.3 is 15.0 Å². The highest BCUT2D eigenvalue weighted by molar-refractivity contribution is 5.80. The molecule has 2 aromatic heterocycles. The molecule has 17 heavy (non-hydrogen) atoms. The van der Waals surface area contributed by atoms with Crippen LogP contribution in [0, 0.1) is 0 Å². The van der Waals surface area contributed by atoms with Crippen LogP contribution in [0.3, 0.4) is 0 Å². The molecule has 0 unspecified atom stereocenters. The van der Waals surface area contributed by atoms with E-state index >= 15 is 0 Å². The van der Waals surface area contributed by atoms with Crippen LogP contribution < -0.4 is 5.73 Å². The van der Waals surface area contributed by atoms with Crippen molar-refractivity contribution in [1.29, 1.82) is 0 Å². The minimum absolute atomic E-state index is 0.435. The number of pyridine rings is 1. The van der Waals surface area contributed by atoms with E-state index in [1.54, 1.807) is 0 Å². The van der Waals surface area contributed by atoms with Gasteiger partial charge >= 0.3 is 0 Å². The molecule has 0 aliphatic carbocycles. The second-order valence-electron chi connectivity index (χ2n) is 4.54. The normalized spacial score (nSPS) is 17.7. The molecule has 90 valence electrons. The summed E-state index contributed by atoms with van der Waals surface area (Å²) in [5, 5.41) is 0. The van der Waals surface area contributed by atoms with Crippen molar-refractivity contribution in [3.63, 3.8) is 0 Å². The fourth-order valence-corrected chi connectivity index (χ4v) is 2.49. The number of nitrogen functional groups attached to an aromatic ring is 1. The van der Waals surface area contributed by atoms with Crippen LogP contribution in [0.25, 0.3) is 11.0 Å². The van der Waals surface area contributed by atoms with Gasteiger partial charge in [0.1, 0.15) is 5.82 Å². The number of fused-ring (bicyclic) bond motifs is 1. The molecule has 0 amide bonds. The highest BCUT2D eigenvalue weighted by atomic mass is 16.5.